The summed E-state index contributed by atoms with van der Waals surface area (Å²) >= 11 is 0. The smallest absolute Gasteiger partial charge is 0.337 e. The Morgan fingerprint density at radius 3 is 2.68 bits per heavy atom. The molecule has 2 rings (SSSR count). The van der Waals surface area contributed by atoms with Crippen molar-refractivity contribution in [3.05, 3.63) is 59.8 Å². The zero-order valence-corrected chi connectivity index (χ0v) is 11.8. The van der Waals surface area contributed by atoms with E-state index in [4.69, 9.17) is 9.84 Å². The topological polar surface area (TPSA) is 88.5 Å². The Bertz CT molecular complexity index is 726. The average Bonchev–Trinajstić information content (AvgIpc) is 2.53. The summed E-state index contributed by atoms with van der Waals surface area (Å²) in [6.07, 6.45) is 2.79. The number of hydrogen-bond donors (Lipinski definition) is 2. The number of ether oxygens (including phenoxy) is 1. The molecule has 0 saturated heterocycles. The van der Waals surface area contributed by atoms with E-state index >= 15 is 0 Å². The SMILES string of the molecule is COc1cccc(C=CC(=O)Nc2ccccc2C(=O)O)n1. The van der Waals surface area contributed by atoms with Crippen LogP contribution in [0.15, 0.2) is 48.5 Å². The molecule has 0 bridgehead atoms. The van der Waals surface area contributed by atoms with Gasteiger partial charge in [0, 0.05) is 12.1 Å². The minimum atomic E-state index is -1.10. The molecule has 0 spiro atoms. The summed E-state index contributed by atoms with van der Waals surface area (Å²) in [5.74, 6) is -1.11. The molecule has 6 nitrogen and oxygen atoms in total. The fourth-order valence-corrected chi connectivity index (χ4v) is 1.75. The Labute approximate surface area is 127 Å². The predicted molar refractivity (Wildman–Crippen MR) is 81.9 cm³/mol. The van der Waals surface area contributed by atoms with E-state index in [0.717, 1.165) is 0 Å². The number of carbonyl (C=O) groups excluding carboxylic acids is 1. The third-order valence-corrected chi connectivity index (χ3v) is 2.78. The maximum absolute atomic E-state index is 11.9. The number of aromatic nitrogens is 1. The molecule has 0 saturated carbocycles. The molecule has 112 valence electrons. The van der Waals surface area contributed by atoms with Crippen LogP contribution in [0.5, 0.6) is 5.88 Å². The van der Waals surface area contributed by atoms with E-state index in [2.05, 4.69) is 10.3 Å². The van der Waals surface area contributed by atoms with Crippen LogP contribution < -0.4 is 10.1 Å². The number of benzene rings is 1. The van der Waals surface area contributed by atoms with Gasteiger partial charge in [0.15, 0.2) is 0 Å². The Morgan fingerprint density at radius 1 is 1.18 bits per heavy atom. The first-order valence-corrected chi connectivity index (χ1v) is 6.42. The second kappa shape index (κ2) is 7.03. The number of nitrogens with one attached hydrogen (secondary N) is 1. The van der Waals surface area contributed by atoms with E-state index < -0.39 is 11.9 Å². The number of amides is 1. The van der Waals surface area contributed by atoms with Crippen LogP contribution in [0.25, 0.3) is 6.08 Å². The molecule has 1 aromatic carbocycles. The molecule has 1 heterocycles. The molecule has 0 radical (unpaired) electrons. The van der Waals surface area contributed by atoms with Crippen molar-refractivity contribution in [2.75, 3.05) is 12.4 Å². The summed E-state index contributed by atoms with van der Waals surface area (Å²) in [4.78, 5) is 27.1. The van der Waals surface area contributed by atoms with E-state index in [9.17, 15) is 9.59 Å². The third-order valence-electron chi connectivity index (χ3n) is 2.78. The predicted octanol–water partition coefficient (Wildman–Crippen LogP) is 2.44. The van der Waals surface area contributed by atoms with Gasteiger partial charge in [-0.3, -0.25) is 4.79 Å². The van der Waals surface area contributed by atoms with E-state index in [1.54, 1.807) is 30.3 Å². The van der Waals surface area contributed by atoms with E-state index in [0.29, 0.717) is 11.6 Å². The van der Waals surface area contributed by atoms with Gasteiger partial charge < -0.3 is 15.2 Å². The highest BCUT2D eigenvalue weighted by Gasteiger charge is 2.10. The molecule has 0 aliphatic carbocycles. The Balaban J connectivity index is 2.10. The number of carbonyl (C=O) groups is 2. The lowest BCUT2D eigenvalue weighted by Crippen LogP contribution is -2.11. The molecule has 2 aromatic rings. The summed E-state index contributed by atoms with van der Waals surface area (Å²) in [6, 6.07) is 11.4. The van der Waals surface area contributed by atoms with Gasteiger partial charge in [0.25, 0.3) is 0 Å². The standard InChI is InChI=1S/C16H14N2O4/c1-22-15-8-4-5-11(17-15)9-10-14(19)18-13-7-3-2-6-12(13)16(20)21/h2-10H,1H3,(H,18,19)(H,20,21). The van der Waals surface area contributed by atoms with Crippen LogP contribution in [-0.2, 0) is 4.79 Å². The monoisotopic (exact) mass is 298 g/mol. The zero-order chi connectivity index (χ0) is 15.9. The fraction of sp³-hybridized carbons (Fsp3) is 0.0625. The lowest BCUT2D eigenvalue weighted by Gasteiger charge is -2.05. The quantitative estimate of drug-likeness (QED) is 0.828. The van der Waals surface area contributed by atoms with Gasteiger partial charge in [-0.25, -0.2) is 9.78 Å². The number of rotatable bonds is 5. The molecule has 0 aliphatic heterocycles. The largest absolute Gasteiger partial charge is 0.481 e. The number of pyridine rings is 1. The van der Waals surface area contributed by atoms with Gasteiger partial charge in [0.1, 0.15) is 0 Å². The van der Waals surface area contributed by atoms with Gasteiger partial charge in [-0.2, -0.15) is 0 Å². The molecule has 22 heavy (non-hydrogen) atoms. The minimum absolute atomic E-state index is 0.0313. The molecular weight excluding hydrogens is 284 g/mol. The van der Waals surface area contributed by atoms with Crippen LogP contribution in [0.2, 0.25) is 0 Å². The number of methoxy groups -OCH3 is 1. The number of nitrogens with zero attached hydrogens (tertiary/aromatic N) is 1. The first kappa shape index (κ1) is 15.2. The number of aromatic carboxylic acids is 1. The zero-order valence-electron chi connectivity index (χ0n) is 11.8. The normalized spacial score (nSPS) is 10.4. The first-order chi connectivity index (χ1) is 10.6. The molecule has 0 unspecified atom stereocenters. The molecule has 0 aliphatic rings. The van der Waals surface area contributed by atoms with Crippen LogP contribution in [0.4, 0.5) is 5.69 Å². The molecule has 6 heteroatoms. The highest BCUT2D eigenvalue weighted by molar-refractivity contribution is 6.05. The number of carboxylic acid groups (broad SMARTS) is 1. The molecule has 0 atom stereocenters. The van der Waals surface area contributed by atoms with Crippen molar-refractivity contribution in [2.24, 2.45) is 0 Å². The highest BCUT2D eigenvalue weighted by Crippen LogP contribution is 2.15. The second-order valence-electron chi connectivity index (χ2n) is 4.28. The Hall–Kier alpha value is -3.15. The van der Waals surface area contributed by atoms with Crippen molar-refractivity contribution < 1.29 is 19.4 Å². The third kappa shape index (κ3) is 3.92. The number of para-hydroxylation sites is 1. The van der Waals surface area contributed by atoms with Crippen LogP contribution in [0.1, 0.15) is 16.1 Å². The Kier molecular flexibility index (Phi) is 4.87. The molecular formula is C16H14N2O4. The van der Waals surface area contributed by atoms with Crippen LogP contribution in [0.3, 0.4) is 0 Å². The molecule has 0 fully saturated rings. The van der Waals surface area contributed by atoms with E-state index in [1.165, 1.54) is 31.4 Å². The van der Waals surface area contributed by atoms with Crippen molar-refractivity contribution in [1.82, 2.24) is 4.98 Å². The van der Waals surface area contributed by atoms with Gasteiger partial charge in [0.05, 0.1) is 24.1 Å². The van der Waals surface area contributed by atoms with Gasteiger partial charge >= 0.3 is 5.97 Å². The first-order valence-electron chi connectivity index (χ1n) is 6.42. The van der Waals surface area contributed by atoms with Crippen LogP contribution >= 0.6 is 0 Å². The summed E-state index contributed by atoms with van der Waals surface area (Å²) in [5, 5.41) is 11.6. The van der Waals surface area contributed by atoms with Crippen molar-refractivity contribution in [3.8, 4) is 5.88 Å². The summed E-state index contributed by atoms with van der Waals surface area (Å²) in [5.41, 5.74) is 0.827. The van der Waals surface area contributed by atoms with E-state index in [1.807, 2.05) is 0 Å². The average molecular weight is 298 g/mol. The second-order valence-corrected chi connectivity index (χ2v) is 4.28. The summed E-state index contributed by atoms with van der Waals surface area (Å²) in [7, 11) is 1.51. The highest BCUT2D eigenvalue weighted by atomic mass is 16.5. The number of hydrogen-bond acceptors (Lipinski definition) is 4. The van der Waals surface area contributed by atoms with Gasteiger partial charge in [-0.05, 0) is 24.3 Å². The van der Waals surface area contributed by atoms with Gasteiger partial charge in [-0.1, -0.05) is 18.2 Å². The van der Waals surface area contributed by atoms with Crippen molar-refractivity contribution >= 4 is 23.6 Å². The molecule has 1 aromatic heterocycles. The lowest BCUT2D eigenvalue weighted by molar-refractivity contribution is -0.111. The van der Waals surface area contributed by atoms with Crippen molar-refractivity contribution in [3.63, 3.8) is 0 Å². The summed E-state index contributed by atoms with van der Waals surface area (Å²) in [6.45, 7) is 0. The van der Waals surface area contributed by atoms with Crippen molar-refractivity contribution in [2.45, 2.75) is 0 Å². The number of anilines is 1. The maximum Gasteiger partial charge on any atom is 0.337 e. The summed E-state index contributed by atoms with van der Waals surface area (Å²) < 4.78 is 4.99. The minimum Gasteiger partial charge on any atom is -0.481 e. The number of carboxylic acids is 1. The lowest BCUT2D eigenvalue weighted by atomic mass is 10.2. The van der Waals surface area contributed by atoms with E-state index in [-0.39, 0.29) is 11.3 Å². The molecule has 2 N–H and O–H groups in total. The Morgan fingerprint density at radius 2 is 1.95 bits per heavy atom. The van der Waals surface area contributed by atoms with Gasteiger partial charge in [-0.15, -0.1) is 0 Å². The van der Waals surface area contributed by atoms with Crippen molar-refractivity contribution in [1.29, 1.82) is 0 Å². The fourth-order valence-electron chi connectivity index (χ4n) is 1.75. The molecule has 1 amide bonds. The maximum atomic E-state index is 11.9. The van der Waals surface area contributed by atoms with Gasteiger partial charge in [0.2, 0.25) is 11.8 Å². The van der Waals surface area contributed by atoms with Crippen LogP contribution in [-0.4, -0.2) is 29.1 Å². The van der Waals surface area contributed by atoms with Crippen LogP contribution in [0, 0.1) is 0 Å².